The van der Waals surface area contributed by atoms with Crippen molar-refractivity contribution in [3.63, 3.8) is 0 Å². The second-order valence-electron chi connectivity index (χ2n) is 4.23. The first kappa shape index (κ1) is 13.9. The van der Waals surface area contributed by atoms with Gasteiger partial charge in [-0.15, -0.1) is 0 Å². The second kappa shape index (κ2) is 6.54. The summed E-state index contributed by atoms with van der Waals surface area (Å²) in [5.74, 6) is 0.132. The monoisotopic (exact) mass is 250 g/mol. The number of likely N-dealkylation sites (N-methyl/N-ethyl adjacent to an activating group) is 1. The summed E-state index contributed by atoms with van der Waals surface area (Å²) >= 11 is 0. The van der Waals surface area contributed by atoms with Gasteiger partial charge in [0.1, 0.15) is 0 Å². The van der Waals surface area contributed by atoms with Crippen LogP contribution in [0.4, 0.5) is 0 Å². The summed E-state index contributed by atoms with van der Waals surface area (Å²) in [5, 5.41) is 0. The number of nitrogens with zero attached hydrogens (tertiary/aromatic N) is 1. The van der Waals surface area contributed by atoms with Gasteiger partial charge in [0.15, 0.2) is 0 Å². The standard InChI is InChI=1S/C10H22N2O3S/c1-12(16(13,14)8-4-6-11)9-10-5-2-3-7-15-10/h10H,2-9,11H2,1H3. The lowest BCUT2D eigenvalue weighted by atomic mass is 10.1. The summed E-state index contributed by atoms with van der Waals surface area (Å²) in [6.45, 7) is 1.63. The fourth-order valence-corrected chi connectivity index (χ4v) is 3.01. The Balaban J connectivity index is 2.40. The molecule has 1 rings (SSSR count). The molecule has 0 aliphatic carbocycles. The van der Waals surface area contributed by atoms with E-state index in [1.807, 2.05) is 0 Å². The van der Waals surface area contributed by atoms with Gasteiger partial charge >= 0.3 is 0 Å². The highest BCUT2D eigenvalue weighted by molar-refractivity contribution is 7.89. The minimum absolute atomic E-state index is 0.0615. The fourth-order valence-electron chi connectivity index (χ4n) is 1.77. The highest BCUT2D eigenvalue weighted by Crippen LogP contribution is 2.14. The van der Waals surface area contributed by atoms with Gasteiger partial charge in [-0.3, -0.25) is 0 Å². The Morgan fingerprint density at radius 2 is 2.19 bits per heavy atom. The number of hydrogen-bond acceptors (Lipinski definition) is 4. The number of rotatable bonds is 6. The Hall–Kier alpha value is -0.170. The molecule has 1 atom stereocenters. The Morgan fingerprint density at radius 3 is 2.75 bits per heavy atom. The molecule has 96 valence electrons. The van der Waals surface area contributed by atoms with Gasteiger partial charge < -0.3 is 10.5 Å². The van der Waals surface area contributed by atoms with Crippen LogP contribution in [0, 0.1) is 0 Å². The molecular formula is C10H22N2O3S. The predicted octanol–water partition coefficient (Wildman–Crippen LogP) is 0.166. The quantitative estimate of drug-likeness (QED) is 0.729. The molecule has 16 heavy (non-hydrogen) atoms. The molecule has 0 radical (unpaired) electrons. The van der Waals surface area contributed by atoms with Crippen molar-refractivity contribution in [1.29, 1.82) is 0 Å². The van der Waals surface area contributed by atoms with Crippen molar-refractivity contribution in [2.75, 3.05) is 32.5 Å². The smallest absolute Gasteiger partial charge is 0.213 e. The van der Waals surface area contributed by atoms with E-state index >= 15 is 0 Å². The van der Waals surface area contributed by atoms with E-state index in [0.717, 1.165) is 25.9 Å². The Kier molecular flexibility index (Phi) is 5.68. The zero-order valence-corrected chi connectivity index (χ0v) is 10.7. The van der Waals surface area contributed by atoms with Crippen LogP contribution in [0.1, 0.15) is 25.7 Å². The van der Waals surface area contributed by atoms with Crippen LogP contribution in [0.3, 0.4) is 0 Å². The molecule has 1 fully saturated rings. The van der Waals surface area contributed by atoms with Crippen LogP contribution in [-0.2, 0) is 14.8 Å². The van der Waals surface area contributed by atoms with Gasteiger partial charge in [0.25, 0.3) is 0 Å². The Bertz CT molecular complexity index is 286. The first-order chi connectivity index (χ1) is 7.56. The van der Waals surface area contributed by atoms with E-state index < -0.39 is 10.0 Å². The first-order valence-corrected chi connectivity index (χ1v) is 7.43. The van der Waals surface area contributed by atoms with Gasteiger partial charge in [0, 0.05) is 20.2 Å². The van der Waals surface area contributed by atoms with Crippen molar-refractivity contribution in [3.05, 3.63) is 0 Å². The molecule has 0 aromatic heterocycles. The van der Waals surface area contributed by atoms with Crippen molar-refractivity contribution < 1.29 is 13.2 Å². The average Bonchev–Trinajstić information content (AvgIpc) is 2.28. The second-order valence-corrected chi connectivity index (χ2v) is 6.42. The molecule has 0 saturated carbocycles. The van der Waals surface area contributed by atoms with E-state index in [0.29, 0.717) is 19.5 Å². The highest BCUT2D eigenvalue weighted by atomic mass is 32.2. The maximum absolute atomic E-state index is 11.8. The Labute approximate surface area is 98.0 Å². The SMILES string of the molecule is CN(CC1CCCCO1)S(=O)(=O)CCCN. The number of ether oxygens (including phenoxy) is 1. The van der Waals surface area contributed by atoms with Crippen LogP contribution in [-0.4, -0.2) is 51.3 Å². The minimum atomic E-state index is -3.15. The van der Waals surface area contributed by atoms with Crippen molar-refractivity contribution in [1.82, 2.24) is 4.31 Å². The molecule has 1 aliphatic heterocycles. The third-order valence-corrected chi connectivity index (χ3v) is 4.72. The van der Waals surface area contributed by atoms with Crippen LogP contribution in [0.15, 0.2) is 0 Å². The summed E-state index contributed by atoms with van der Waals surface area (Å²) in [7, 11) is -1.53. The van der Waals surface area contributed by atoms with Crippen molar-refractivity contribution in [3.8, 4) is 0 Å². The Morgan fingerprint density at radius 1 is 1.44 bits per heavy atom. The van der Waals surface area contributed by atoms with Gasteiger partial charge in [0.2, 0.25) is 10.0 Å². The molecule has 1 saturated heterocycles. The van der Waals surface area contributed by atoms with E-state index in [-0.39, 0.29) is 11.9 Å². The van der Waals surface area contributed by atoms with E-state index in [1.54, 1.807) is 7.05 Å². The van der Waals surface area contributed by atoms with Crippen molar-refractivity contribution in [2.45, 2.75) is 31.8 Å². The third-order valence-electron chi connectivity index (χ3n) is 2.82. The van der Waals surface area contributed by atoms with Gasteiger partial charge in [-0.1, -0.05) is 0 Å². The summed E-state index contributed by atoms with van der Waals surface area (Å²) < 4.78 is 30.5. The maximum Gasteiger partial charge on any atom is 0.213 e. The van der Waals surface area contributed by atoms with Gasteiger partial charge in [-0.05, 0) is 32.2 Å². The average molecular weight is 250 g/mol. The number of hydrogen-bond donors (Lipinski definition) is 1. The molecule has 0 spiro atoms. The lowest BCUT2D eigenvalue weighted by molar-refractivity contribution is 0.00859. The van der Waals surface area contributed by atoms with E-state index in [9.17, 15) is 8.42 Å². The molecule has 1 unspecified atom stereocenters. The van der Waals surface area contributed by atoms with Crippen LogP contribution >= 0.6 is 0 Å². The third kappa shape index (κ3) is 4.37. The predicted molar refractivity (Wildman–Crippen MR) is 63.7 cm³/mol. The zero-order valence-electron chi connectivity index (χ0n) is 9.89. The van der Waals surface area contributed by atoms with Crippen LogP contribution in [0.5, 0.6) is 0 Å². The van der Waals surface area contributed by atoms with Crippen LogP contribution in [0.25, 0.3) is 0 Å². The normalized spacial score (nSPS) is 22.6. The minimum Gasteiger partial charge on any atom is -0.377 e. The zero-order chi connectivity index (χ0) is 12.0. The van der Waals surface area contributed by atoms with E-state index in [1.165, 1.54) is 4.31 Å². The molecule has 0 aromatic rings. The topological polar surface area (TPSA) is 72.6 Å². The van der Waals surface area contributed by atoms with Crippen LogP contribution < -0.4 is 5.73 Å². The lowest BCUT2D eigenvalue weighted by Gasteiger charge is -2.27. The molecule has 6 heteroatoms. The molecule has 0 aromatic carbocycles. The molecular weight excluding hydrogens is 228 g/mol. The fraction of sp³-hybridized carbons (Fsp3) is 1.00. The number of nitrogens with two attached hydrogens (primary N) is 1. The lowest BCUT2D eigenvalue weighted by Crippen LogP contribution is -2.38. The van der Waals surface area contributed by atoms with E-state index in [2.05, 4.69) is 0 Å². The number of sulfonamides is 1. The van der Waals surface area contributed by atoms with Crippen molar-refractivity contribution in [2.24, 2.45) is 5.73 Å². The van der Waals surface area contributed by atoms with Crippen LogP contribution in [0.2, 0.25) is 0 Å². The molecule has 5 nitrogen and oxygen atoms in total. The van der Waals surface area contributed by atoms with E-state index in [4.69, 9.17) is 10.5 Å². The summed E-state index contributed by atoms with van der Waals surface area (Å²) in [6, 6.07) is 0. The summed E-state index contributed by atoms with van der Waals surface area (Å²) in [4.78, 5) is 0. The van der Waals surface area contributed by atoms with Crippen molar-refractivity contribution >= 4 is 10.0 Å². The van der Waals surface area contributed by atoms with Gasteiger partial charge in [0.05, 0.1) is 11.9 Å². The maximum atomic E-state index is 11.8. The largest absolute Gasteiger partial charge is 0.377 e. The molecule has 1 aliphatic rings. The molecule has 2 N–H and O–H groups in total. The van der Waals surface area contributed by atoms with Gasteiger partial charge in [-0.2, -0.15) is 0 Å². The summed E-state index contributed by atoms with van der Waals surface area (Å²) in [6.07, 6.45) is 3.74. The summed E-state index contributed by atoms with van der Waals surface area (Å²) in [5.41, 5.74) is 5.31. The molecule has 0 amide bonds. The molecule has 1 heterocycles. The van der Waals surface area contributed by atoms with Gasteiger partial charge in [-0.25, -0.2) is 12.7 Å². The first-order valence-electron chi connectivity index (χ1n) is 5.82. The molecule has 0 bridgehead atoms. The highest BCUT2D eigenvalue weighted by Gasteiger charge is 2.22.